The van der Waals surface area contributed by atoms with Gasteiger partial charge in [0.15, 0.2) is 0 Å². The van der Waals surface area contributed by atoms with Crippen LogP contribution >= 0.6 is 23.2 Å². The van der Waals surface area contributed by atoms with Crippen molar-refractivity contribution in [1.82, 2.24) is 0 Å². The Morgan fingerprint density at radius 3 is 2.40 bits per heavy atom. The first-order valence-electron chi connectivity index (χ1n) is 4.94. The minimum absolute atomic E-state index is 0.106. The van der Waals surface area contributed by atoms with E-state index in [2.05, 4.69) is 20.8 Å². The number of ether oxygens (including phenoxy) is 1. The number of benzene rings is 1. The summed E-state index contributed by atoms with van der Waals surface area (Å²) in [5.41, 5.74) is 1.31. The van der Waals surface area contributed by atoms with Crippen LogP contribution in [-0.4, -0.2) is 12.5 Å². The lowest BCUT2D eigenvalue weighted by molar-refractivity contribution is 0.342. The third-order valence-electron chi connectivity index (χ3n) is 2.13. The average Bonchev–Trinajstić information content (AvgIpc) is 2.14. The van der Waals surface area contributed by atoms with E-state index in [0.717, 1.165) is 0 Å². The number of rotatable bonds is 3. The van der Waals surface area contributed by atoms with Gasteiger partial charge in [0.25, 0.3) is 0 Å². The van der Waals surface area contributed by atoms with Gasteiger partial charge in [0.2, 0.25) is 0 Å². The second-order valence-corrected chi connectivity index (χ2v) is 5.22. The summed E-state index contributed by atoms with van der Waals surface area (Å²) in [6.45, 7) is 6.93. The average molecular weight is 247 g/mol. The highest BCUT2D eigenvalue weighted by atomic mass is 35.5. The van der Waals surface area contributed by atoms with Crippen LogP contribution in [-0.2, 0) is 5.41 Å². The van der Waals surface area contributed by atoms with Crippen LogP contribution in [0.15, 0.2) is 18.2 Å². The normalized spacial score (nSPS) is 11.5. The summed E-state index contributed by atoms with van der Waals surface area (Å²) in [5, 5.41) is 0.646. The quantitative estimate of drug-likeness (QED) is 0.725. The Morgan fingerprint density at radius 2 is 1.93 bits per heavy atom. The van der Waals surface area contributed by atoms with Crippen LogP contribution in [0.4, 0.5) is 0 Å². The molecule has 3 heteroatoms. The van der Waals surface area contributed by atoms with E-state index in [1.54, 1.807) is 0 Å². The van der Waals surface area contributed by atoms with Crippen LogP contribution in [0.25, 0.3) is 0 Å². The van der Waals surface area contributed by atoms with Crippen molar-refractivity contribution in [2.75, 3.05) is 12.5 Å². The maximum Gasteiger partial charge on any atom is 0.137 e. The fourth-order valence-corrected chi connectivity index (χ4v) is 1.55. The Morgan fingerprint density at radius 1 is 1.27 bits per heavy atom. The first-order valence-corrected chi connectivity index (χ1v) is 5.85. The van der Waals surface area contributed by atoms with Crippen LogP contribution in [0.1, 0.15) is 26.3 Å². The lowest BCUT2D eigenvalue weighted by Crippen LogP contribution is -2.11. The molecule has 0 saturated carbocycles. The number of alkyl halides is 1. The number of hydrogen-bond acceptors (Lipinski definition) is 1. The summed E-state index contributed by atoms with van der Waals surface area (Å²) in [4.78, 5) is 0. The van der Waals surface area contributed by atoms with Crippen LogP contribution in [0.5, 0.6) is 5.75 Å². The molecule has 1 rings (SSSR count). The summed E-state index contributed by atoms with van der Waals surface area (Å²) in [5.74, 6) is 1.17. The zero-order valence-electron chi connectivity index (χ0n) is 9.31. The maximum absolute atomic E-state index is 6.10. The molecule has 1 aromatic rings. The molecule has 1 aromatic carbocycles. The van der Waals surface area contributed by atoms with Crippen molar-refractivity contribution in [1.29, 1.82) is 0 Å². The Balaban J connectivity index is 2.88. The zero-order valence-corrected chi connectivity index (χ0v) is 10.8. The molecule has 0 heterocycles. The van der Waals surface area contributed by atoms with Gasteiger partial charge in [0.05, 0.1) is 10.9 Å². The van der Waals surface area contributed by atoms with Crippen LogP contribution in [0.3, 0.4) is 0 Å². The van der Waals surface area contributed by atoms with Crippen molar-refractivity contribution in [3.63, 3.8) is 0 Å². The van der Waals surface area contributed by atoms with Gasteiger partial charge in [-0.3, -0.25) is 0 Å². The van der Waals surface area contributed by atoms with Crippen LogP contribution in [0.2, 0.25) is 5.02 Å². The van der Waals surface area contributed by atoms with Gasteiger partial charge in [-0.15, -0.1) is 11.6 Å². The molecule has 0 radical (unpaired) electrons. The van der Waals surface area contributed by atoms with E-state index in [1.165, 1.54) is 5.56 Å². The number of hydrogen-bond donors (Lipinski definition) is 0. The Bertz CT molecular complexity index is 329. The highest BCUT2D eigenvalue weighted by Gasteiger charge is 2.15. The lowest BCUT2D eigenvalue weighted by Gasteiger charge is -2.20. The lowest BCUT2D eigenvalue weighted by atomic mass is 9.87. The third-order valence-corrected chi connectivity index (χ3v) is 2.58. The van der Waals surface area contributed by atoms with E-state index in [-0.39, 0.29) is 5.41 Å². The maximum atomic E-state index is 6.10. The molecule has 0 atom stereocenters. The Labute approximate surface area is 101 Å². The van der Waals surface area contributed by atoms with Crippen molar-refractivity contribution in [2.24, 2.45) is 0 Å². The van der Waals surface area contributed by atoms with E-state index >= 15 is 0 Å². The molecule has 0 amide bonds. The smallest absolute Gasteiger partial charge is 0.137 e. The highest BCUT2D eigenvalue weighted by molar-refractivity contribution is 6.32. The molecule has 0 fully saturated rings. The first kappa shape index (κ1) is 12.7. The summed E-state index contributed by atoms with van der Waals surface area (Å²) in [6.07, 6.45) is 0. The van der Waals surface area contributed by atoms with Gasteiger partial charge in [-0.2, -0.15) is 0 Å². The van der Waals surface area contributed by atoms with E-state index < -0.39 is 0 Å². The molecule has 0 aliphatic rings. The van der Waals surface area contributed by atoms with E-state index in [0.29, 0.717) is 23.3 Å². The van der Waals surface area contributed by atoms with Crippen LogP contribution < -0.4 is 4.74 Å². The largest absolute Gasteiger partial charge is 0.491 e. The predicted octanol–water partition coefficient (Wildman–Crippen LogP) is 4.26. The van der Waals surface area contributed by atoms with Gasteiger partial charge in [0, 0.05) is 0 Å². The molecule has 0 bridgehead atoms. The van der Waals surface area contributed by atoms with Gasteiger partial charge in [-0.05, 0) is 23.1 Å². The van der Waals surface area contributed by atoms with E-state index in [9.17, 15) is 0 Å². The highest BCUT2D eigenvalue weighted by Crippen LogP contribution is 2.31. The topological polar surface area (TPSA) is 9.23 Å². The number of halogens is 2. The Hall–Kier alpha value is -0.400. The molecule has 15 heavy (non-hydrogen) atoms. The molecule has 0 saturated heterocycles. The van der Waals surface area contributed by atoms with Crippen molar-refractivity contribution in [2.45, 2.75) is 26.2 Å². The second kappa shape index (κ2) is 5.09. The summed E-state index contributed by atoms with van der Waals surface area (Å²) < 4.78 is 5.39. The SMILES string of the molecule is CC(C)(C)c1ccc(OCCCl)c(Cl)c1. The Kier molecular flexibility index (Phi) is 4.30. The van der Waals surface area contributed by atoms with Crippen molar-refractivity contribution in [3.8, 4) is 5.75 Å². The summed E-state index contributed by atoms with van der Waals surface area (Å²) in [6, 6.07) is 5.88. The molecule has 0 spiro atoms. The van der Waals surface area contributed by atoms with Gasteiger partial charge < -0.3 is 4.74 Å². The molecule has 0 aliphatic carbocycles. The molecule has 0 aliphatic heterocycles. The minimum Gasteiger partial charge on any atom is -0.491 e. The third kappa shape index (κ3) is 3.58. The summed E-state index contributed by atoms with van der Waals surface area (Å²) in [7, 11) is 0. The predicted molar refractivity (Wildman–Crippen MR) is 66.4 cm³/mol. The van der Waals surface area contributed by atoms with Gasteiger partial charge in [-0.25, -0.2) is 0 Å². The summed E-state index contributed by atoms with van der Waals surface area (Å²) >= 11 is 11.6. The van der Waals surface area contributed by atoms with Gasteiger partial charge in [-0.1, -0.05) is 38.4 Å². The molecule has 0 unspecified atom stereocenters. The molecule has 1 nitrogen and oxygen atoms in total. The second-order valence-electron chi connectivity index (χ2n) is 4.43. The van der Waals surface area contributed by atoms with Crippen molar-refractivity contribution < 1.29 is 4.74 Å². The van der Waals surface area contributed by atoms with Crippen LogP contribution in [0, 0.1) is 0 Å². The minimum atomic E-state index is 0.106. The fraction of sp³-hybridized carbons (Fsp3) is 0.500. The van der Waals surface area contributed by atoms with Crippen molar-refractivity contribution >= 4 is 23.2 Å². The van der Waals surface area contributed by atoms with Gasteiger partial charge in [0.1, 0.15) is 12.4 Å². The molecule has 84 valence electrons. The fourth-order valence-electron chi connectivity index (χ4n) is 1.23. The van der Waals surface area contributed by atoms with Gasteiger partial charge >= 0.3 is 0 Å². The van der Waals surface area contributed by atoms with E-state index in [4.69, 9.17) is 27.9 Å². The molecule has 0 aromatic heterocycles. The molecular formula is C12H16Cl2O. The zero-order chi connectivity index (χ0) is 11.5. The molecule has 0 N–H and O–H groups in total. The van der Waals surface area contributed by atoms with E-state index in [1.807, 2.05) is 18.2 Å². The standard InChI is InChI=1S/C12H16Cl2O/c1-12(2,3)9-4-5-11(10(14)8-9)15-7-6-13/h4-5,8H,6-7H2,1-3H3. The first-order chi connectivity index (χ1) is 6.95. The monoisotopic (exact) mass is 246 g/mol. The van der Waals surface area contributed by atoms with Crippen molar-refractivity contribution in [3.05, 3.63) is 28.8 Å². The molecular weight excluding hydrogens is 231 g/mol.